The van der Waals surface area contributed by atoms with Crippen LogP contribution < -0.4 is 14.4 Å². The summed E-state index contributed by atoms with van der Waals surface area (Å²) in [6.07, 6.45) is 7.01. The predicted molar refractivity (Wildman–Crippen MR) is 132 cm³/mol. The molecule has 1 aromatic heterocycles. The van der Waals surface area contributed by atoms with Crippen molar-refractivity contribution in [2.24, 2.45) is 17.8 Å². The monoisotopic (exact) mass is 518 g/mol. The van der Waals surface area contributed by atoms with Crippen molar-refractivity contribution in [1.29, 1.82) is 0 Å². The lowest BCUT2D eigenvalue weighted by Crippen LogP contribution is -2.60. The number of rotatable bonds is 9. The van der Waals surface area contributed by atoms with Gasteiger partial charge in [0.05, 0.1) is 5.69 Å². The first-order valence-corrected chi connectivity index (χ1v) is 14.3. The van der Waals surface area contributed by atoms with Gasteiger partial charge >= 0.3 is 5.97 Å². The molecule has 1 N–H and O–H groups in total. The van der Waals surface area contributed by atoms with Crippen molar-refractivity contribution >= 4 is 38.9 Å². The Hall–Kier alpha value is -2.59. The molecule has 4 bridgehead atoms. The van der Waals surface area contributed by atoms with Crippen molar-refractivity contribution in [2.45, 2.75) is 48.3 Å². The molecule has 4 aliphatic carbocycles. The van der Waals surface area contributed by atoms with E-state index in [0.717, 1.165) is 48.4 Å². The number of carbonyl (C=O) groups excluding carboxylic acids is 2. The molecule has 0 radical (unpaired) electrons. The molecule has 0 aliphatic heterocycles. The van der Waals surface area contributed by atoms with Gasteiger partial charge in [-0.15, -0.1) is 11.3 Å². The van der Waals surface area contributed by atoms with Gasteiger partial charge in [-0.05, 0) is 92.0 Å². The average Bonchev–Trinajstić information content (AvgIpc) is 3.36. The molecule has 10 heteroatoms. The van der Waals surface area contributed by atoms with Crippen molar-refractivity contribution in [1.82, 2.24) is 5.32 Å². The lowest BCUT2D eigenvalue weighted by atomic mass is 9.53. The topological polar surface area (TPSA) is 102 Å². The highest BCUT2D eigenvalue weighted by Crippen LogP contribution is 2.55. The number of thiophene rings is 1. The van der Waals surface area contributed by atoms with Crippen LogP contribution in [0.4, 0.5) is 5.69 Å². The van der Waals surface area contributed by atoms with Gasteiger partial charge in [0.15, 0.2) is 13.2 Å². The Morgan fingerprint density at radius 3 is 2.23 bits per heavy atom. The number of amides is 1. The minimum Gasteiger partial charge on any atom is -0.482 e. The molecule has 0 spiro atoms. The van der Waals surface area contributed by atoms with Crippen LogP contribution in [0, 0.1) is 17.8 Å². The molecule has 0 unspecified atom stereocenters. The van der Waals surface area contributed by atoms with E-state index in [1.54, 1.807) is 41.8 Å². The lowest BCUT2D eigenvalue weighted by molar-refractivity contribution is -0.151. The summed E-state index contributed by atoms with van der Waals surface area (Å²) in [7, 11) is -2.14. The Morgan fingerprint density at radius 1 is 1.03 bits per heavy atom. The second-order valence-corrected chi connectivity index (χ2v) is 13.2. The Kier molecular flexibility index (Phi) is 6.52. The number of hydrogen-bond acceptors (Lipinski definition) is 7. The van der Waals surface area contributed by atoms with Crippen LogP contribution in [0.1, 0.15) is 38.5 Å². The van der Waals surface area contributed by atoms with E-state index in [2.05, 4.69) is 5.32 Å². The molecule has 2 aromatic rings. The molecule has 1 amide bonds. The third kappa shape index (κ3) is 5.18. The summed E-state index contributed by atoms with van der Waals surface area (Å²) in [4.78, 5) is 24.6. The zero-order valence-electron chi connectivity index (χ0n) is 19.6. The smallest absolute Gasteiger partial charge is 0.344 e. The number of anilines is 1. The first-order chi connectivity index (χ1) is 16.7. The molecule has 1 heterocycles. The van der Waals surface area contributed by atoms with Crippen molar-refractivity contribution < 1.29 is 27.5 Å². The Bertz CT molecular complexity index is 1140. The fourth-order valence-electron chi connectivity index (χ4n) is 6.36. The van der Waals surface area contributed by atoms with Gasteiger partial charge in [-0.25, -0.2) is 13.2 Å². The van der Waals surface area contributed by atoms with Crippen LogP contribution in [-0.2, 0) is 24.3 Å². The van der Waals surface area contributed by atoms with Gasteiger partial charge in [-0.1, -0.05) is 6.07 Å². The van der Waals surface area contributed by atoms with Crippen LogP contribution in [0.3, 0.4) is 0 Å². The summed E-state index contributed by atoms with van der Waals surface area (Å²) in [5.41, 5.74) is 0.357. The zero-order valence-corrected chi connectivity index (χ0v) is 21.3. The van der Waals surface area contributed by atoms with Crippen LogP contribution in [0.25, 0.3) is 0 Å². The average molecular weight is 519 g/mol. The molecule has 8 nitrogen and oxygen atoms in total. The van der Waals surface area contributed by atoms with E-state index in [1.165, 1.54) is 30.6 Å². The first kappa shape index (κ1) is 24.1. The summed E-state index contributed by atoms with van der Waals surface area (Å²) >= 11 is 1.16. The van der Waals surface area contributed by atoms with Crippen LogP contribution >= 0.6 is 11.3 Å². The highest BCUT2D eigenvalue weighted by Gasteiger charge is 2.51. The molecule has 4 fully saturated rings. The number of esters is 1. The van der Waals surface area contributed by atoms with Crippen LogP contribution in [-0.4, -0.2) is 46.1 Å². The number of nitrogens with zero attached hydrogens (tertiary/aromatic N) is 1. The minimum absolute atomic E-state index is 0.110. The number of carbonyl (C=O) groups is 2. The van der Waals surface area contributed by atoms with E-state index in [4.69, 9.17) is 9.47 Å². The number of nitrogens with one attached hydrogen (secondary N) is 1. The van der Waals surface area contributed by atoms with Gasteiger partial charge < -0.3 is 14.8 Å². The van der Waals surface area contributed by atoms with Gasteiger partial charge in [0, 0.05) is 12.6 Å². The van der Waals surface area contributed by atoms with E-state index in [9.17, 15) is 18.0 Å². The number of hydrogen-bond donors (Lipinski definition) is 1. The van der Waals surface area contributed by atoms with Gasteiger partial charge in [-0.2, -0.15) is 0 Å². The highest BCUT2D eigenvalue weighted by molar-refractivity contribution is 7.94. The summed E-state index contributed by atoms with van der Waals surface area (Å²) in [5.74, 6) is 1.68. The van der Waals surface area contributed by atoms with Crippen LogP contribution in [0.5, 0.6) is 5.75 Å². The normalized spacial score (nSPS) is 26.8. The number of benzene rings is 1. The minimum atomic E-state index is -3.62. The molecule has 6 rings (SSSR count). The molecule has 1 aromatic carbocycles. The van der Waals surface area contributed by atoms with Gasteiger partial charge in [0.2, 0.25) is 0 Å². The first-order valence-electron chi connectivity index (χ1n) is 11.9. The molecule has 188 valence electrons. The third-order valence-corrected chi connectivity index (χ3v) is 10.6. The van der Waals surface area contributed by atoms with Gasteiger partial charge in [0.1, 0.15) is 9.96 Å². The molecule has 0 saturated heterocycles. The SMILES string of the molecule is CN(c1ccc(OCC(=O)OCC(=O)NC23CC4CC(CC(C4)C2)C3)cc1)S(=O)(=O)c1cccs1. The van der Waals surface area contributed by atoms with E-state index in [0.29, 0.717) is 11.4 Å². The van der Waals surface area contributed by atoms with E-state index < -0.39 is 16.0 Å². The third-order valence-electron chi connectivity index (χ3n) is 7.47. The fourth-order valence-corrected chi connectivity index (χ4v) is 8.72. The van der Waals surface area contributed by atoms with Crippen molar-refractivity contribution in [2.75, 3.05) is 24.6 Å². The number of ether oxygens (including phenoxy) is 2. The standard InChI is InChI=1S/C25H30N2O6S2/c1-27(35(30,31)24-3-2-8-34-24)20-4-6-21(7-5-20)32-16-23(29)33-15-22(28)26-25-12-17-9-18(13-25)11-19(10-17)14-25/h2-8,17-19H,9-16H2,1H3,(H,26,28). The summed E-state index contributed by atoms with van der Waals surface area (Å²) < 4.78 is 37.3. The lowest BCUT2D eigenvalue weighted by Gasteiger charge is -2.56. The quantitative estimate of drug-likeness (QED) is 0.509. The van der Waals surface area contributed by atoms with Crippen molar-refractivity contribution in [3.05, 3.63) is 41.8 Å². The van der Waals surface area contributed by atoms with Gasteiger partial charge in [0.25, 0.3) is 15.9 Å². The molecular weight excluding hydrogens is 488 g/mol. The predicted octanol–water partition coefficient (Wildman–Crippen LogP) is 3.58. The zero-order chi connectivity index (χ0) is 24.6. The van der Waals surface area contributed by atoms with E-state index in [1.807, 2.05) is 0 Å². The maximum absolute atomic E-state index is 12.6. The van der Waals surface area contributed by atoms with Crippen LogP contribution in [0.2, 0.25) is 0 Å². The molecule has 35 heavy (non-hydrogen) atoms. The Balaban J connectivity index is 1.07. The van der Waals surface area contributed by atoms with Crippen molar-refractivity contribution in [3.8, 4) is 5.75 Å². The molecular formula is C25H30N2O6S2. The second kappa shape index (κ2) is 9.46. The summed E-state index contributed by atoms with van der Waals surface area (Å²) in [6, 6.07) is 9.62. The van der Waals surface area contributed by atoms with E-state index in [-0.39, 0.29) is 28.9 Å². The number of sulfonamides is 1. The summed E-state index contributed by atoms with van der Waals surface area (Å²) in [5, 5.41) is 4.89. The Morgan fingerprint density at radius 2 is 1.66 bits per heavy atom. The fraction of sp³-hybridized carbons (Fsp3) is 0.520. The molecule has 4 aliphatic rings. The van der Waals surface area contributed by atoms with Gasteiger partial charge in [-0.3, -0.25) is 9.10 Å². The largest absolute Gasteiger partial charge is 0.482 e. The molecule has 0 atom stereocenters. The summed E-state index contributed by atoms with van der Waals surface area (Å²) in [6.45, 7) is -0.651. The maximum atomic E-state index is 12.6. The highest BCUT2D eigenvalue weighted by atomic mass is 32.2. The Labute approximate surface area is 209 Å². The molecule has 4 saturated carbocycles. The van der Waals surface area contributed by atoms with Crippen LogP contribution in [0.15, 0.2) is 46.0 Å². The van der Waals surface area contributed by atoms with Crippen molar-refractivity contribution in [3.63, 3.8) is 0 Å². The second-order valence-electron chi connectivity index (χ2n) is 10.1. The van der Waals surface area contributed by atoms with E-state index >= 15 is 0 Å². The maximum Gasteiger partial charge on any atom is 0.344 e.